The average molecular weight is 277 g/mol. The van der Waals surface area contributed by atoms with Gasteiger partial charge in [-0.3, -0.25) is 0 Å². The van der Waals surface area contributed by atoms with Gasteiger partial charge in [0.15, 0.2) is 0 Å². The SMILES string of the molecule is CCOC(=O)/C=C(\Nc1ccc(C)cc1)C(=O)OCC. The minimum atomic E-state index is -0.596. The predicted octanol–water partition coefficient (Wildman–Crippen LogP) is 2.42. The quantitative estimate of drug-likeness (QED) is 0.639. The highest BCUT2D eigenvalue weighted by atomic mass is 16.5. The first-order chi connectivity index (χ1) is 9.56. The maximum atomic E-state index is 11.8. The molecule has 0 atom stereocenters. The van der Waals surface area contributed by atoms with Crippen LogP contribution < -0.4 is 5.32 Å². The maximum absolute atomic E-state index is 11.8. The van der Waals surface area contributed by atoms with Crippen molar-refractivity contribution in [3.8, 4) is 0 Å². The maximum Gasteiger partial charge on any atom is 0.355 e. The number of hydrogen-bond acceptors (Lipinski definition) is 5. The number of ether oxygens (including phenoxy) is 2. The number of carbonyl (C=O) groups is 2. The van der Waals surface area contributed by atoms with Crippen molar-refractivity contribution in [1.29, 1.82) is 0 Å². The number of carbonyl (C=O) groups excluding carboxylic acids is 2. The van der Waals surface area contributed by atoms with Crippen molar-refractivity contribution in [2.75, 3.05) is 18.5 Å². The summed E-state index contributed by atoms with van der Waals surface area (Å²) in [5.74, 6) is -1.18. The Hall–Kier alpha value is -2.30. The van der Waals surface area contributed by atoms with Crippen LogP contribution in [0.4, 0.5) is 5.69 Å². The lowest BCUT2D eigenvalue weighted by molar-refractivity contribution is -0.140. The number of esters is 2. The molecule has 0 saturated carbocycles. The molecule has 0 aliphatic heterocycles. The minimum absolute atomic E-state index is 0.0501. The molecule has 1 N–H and O–H groups in total. The lowest BCUT2D eigenvalue weighted by Crippen LogP contribution is -2.17. The molecule has 5 heteroatoms. The van der Waals surface area contributed by atoms with Gasteiger partial charge in [0.2, 0.25) is 0 Å². The summed E-state index contributed by atoms with van der Waals surface area (Å²) in [5, 5.41) is 2.87. The molecule has 1 aromatic carbocycles. The zero-order valence-electron chi connectivity index (χ0n) is 11.9. The standard InChI is InChI=1S/C15H19NO4/c1-4-19-14(17)10-13(15(18)20-5-2)16-12-8-6-11(3)7-9-12/h6-10,16H,4-5H2,1-3H3/b13-10-. The molecular formula is C15H19NO4. The Morgan fingerprint density at radius 2 is 1.70 bits per heavy atom. The van der Waals surface area contributed by atoms with Crippen LogP contribution >= 0.6 is 0 Å². The molecule has 1 rings (SSSR count). The van der Waals surface area contributed by atoms with Gasteiger partial charge in [0.25, 0.3) is 0 Å². The second-order valence-corrected chi connectivity index (χ2v) is 4.02. The third-order valence-electron chi connectivity index (χ3n) is 2.37. The molecule has 0 aliphatic carbocycles. The first-order valence-corrected chi connectivity index (χ1v) is 6.46. The van der Waals surface area contributed by atoms with Crippen molar-refractivity contribution in [3.05, 3.63) is 41.6 Å². The Labute approximate surface area is 118 Å². The van der Waals surface area contributed by atoms with E-state index in [2.05, 4.69) is 5.32 Å². The van der Waals surface area contributed by atoms with Crippen molar-refractivity contribution in [1.82, 2.24) is 0 Å². The first kappa shape index (κ1) is 15.8. The Morgan fingerprint density at radius 3 is 2.25 bits per heavy atom. The fourth-order valence-corrected chi connectivity index (χ4v) is 1.45. The van der Waals surface area contributed by atoms with E-state index in [0.717, 1.165) is 11.6 Å². The van der Waals surface area contributed by atoms with Crippen LogP contribution in [0.5, 0.6) is 0 Å². The third kappa shape index (κ3) is 5.14. The number of hydrogen-bond donors (Lipinski definition) is 1. The Kier molecular flexibility index (Phi) is 6.29. The van der Waals surface area contributed by atoms with Crippen LogP contribution in [0.3, 0.4) is 0 Å². The molecule has 108 valence electrons. The topological polar surface area (TPSA) is 64.6 Å². The minimum Gasteiger partial charge on any atom is -0.463 e. The van der Waals surface area contributed by atoms with Crippen LogP contribution in [0, 0.1) is 6.92 Å². The Morgan fingerprint density at radius 1 is 1.10 bits per heavy atom. The van der Waals surface area contributed by atoms with E-state index in [1.54, 1.807) is 13.8 Å². The Balaban J connectivity index is 2.89. The molecule has 0 saturated heterocycles. The second kappa shape index (κ2) is 7.99. The molecule has 1 aromatic rings. The summed E-state index contributed by atoms with van der Waals surface area (Å²) in [6.45, 7) is 5.84. The van der Waals surface area contributed by atoms with E-state index in [1.807, 2.05) is 31.2 Å². The fraction of sp³-hybridized carbons (Fsp3) is 0.333. The summed E-state index contributed by atoms with van der Waals surface area (Å²) in [6, 6.07) is 7.42. The summed E-state index contributed by atoms with van der Waals surface area (Å²) in [4.78, 5) is 23.3. The van der Waals surface area contributed by atoms with Gasteiger partial charge in [0, 0.05) is 5.69 Å². The highest BCUT2D eigenvalue weighted by Crippen LogP contribution is 2.12. The molecule has 0 heterocycles. The van der Waals surface area contributed by atoms with Crippen LogP contribution in [0.1, 0.15) is 19.4 Å². The molecule has 0 aromatic heterocycles. The van der Waals surface area contributed by atoms with Gasteiger partial charge in [0.1, 0.15) is 5.70 Å². The number of nitrogens with one attached hydrogen (secondary N) is 1. The lowest BCUT2D eigenvalue weighted by atomic mass is 10.2. The normalized spacial score (nSPS) is 10.8. The van der Waals surface area contributed by atoms with Crippen LogP contribution in [0.25, 0.3) is 0 Å². The van der Waals surface area contributed by atoms with Gasteiger partial charge in [-0.25, -0.2) is 9.59 Å². The molecular weight excluding hydrogens is 258 g/mol. The van der Waals surface area contributed by atoms with Crippen molar-refractivity contribution < 1.29 is 19.1 Å². The summed E-state index contributed by atoms with van der Waals surface area (Å²) in [5.41, 5.74) is 1.84. The van der Waals surface area contributed by atoms with Gasteiger partial charge in [-0.15, -0.1) is 0 Å². The summed E-state index contributed by atoms with van der Waals surface area (Å²) >= 11 is 0. The summed E-state index contributed by atoms with van der Waals surface area (Å²) in [6.07, 6.45) is 1.10. The van der Waals surface area contributed by atoms with E-state index in [4.69, 9.17) is 9.47 Å². The largest absolute Gasteiger partial charge is 0.463 e. The average Bonchev–Trinajstić information content (AvgIpc) is 2.41. The van der Waals surface area contributed by atoms with Crippen LogP contribution in [0.15, 0.2) is 36.0 Å². The zero-order valence-corrected chi connectivity index (χ0v) is 11.9. The highest BCUT2D eigenvalue weighted by molar-refractivity contribution is 5.98. The number of rotatable bonds is 6. The van der Waals surface area contributed by atoms with Gasteiger partial charge in [-0.05, 0) is 32.9 Å². The van der Waals surface area contributed by atoms with Gasteiger partial charge < -0.3 is 14.8 Å². The van der Waals surface area contributed by atoms with E-state index in [1.165, 1.54) is 0 Å². The van der Waals surface area contributed by atoms with E-state index in [-0.39, 0.29) is 18.9 Å². The third-order valence-corrected chi connectivity index (χ3v) is 2.37. The van der Waals surface area contributed by atoms with Crippen molar-refractivity contribution in [3.63, 3.8) is 0 Å². The molecule has 0 fully saturated rings. The van der Waals surface area contributed by atoms with Gasteiger partial charge in [-0.1, -0.05) is 17.7 Å². The van der Waals surface area contributed by atoms with Crippen LogP contribution in [-0.4, -0.2) is 25.2 Å². The van der Waals surface area contributed by atoms with Crippen molar-refractivity contribution in [2.24, 2.45) is 0 Å². The molecule has 0 unspecified atom stereocenters. The molecule has 20 heavy (non-hydrogen) atoms. The van der Waals surface area contributed by atoms with Crippen LogP contribution in [-0.2, 0) is 19.1 Å². The van der Waals surface area contributed by atoms with Gasteiger partial charge >= 0.3 is 11.9 Å². The van der Waals surface area contributed by atoms with E-state index >= 15 is 0 Å². The smallest absolute Gasteiger partial charge is 0.355 e. The summed E-state index contributed by atoms with van der Waals surface area (Å²) < 4.78 is 9.70. The molecule has 5 nitrogen and oxygen atoms in total. The lowest BCUT2D eigenvalue weighted by Gasteiger charge is -2.10. The van der Waals surface area contributed by atoms with Crippen molar-refractivity contribution >= 4 is 17.6 Å². The first-order valence-electron chi connectivity index (χ1n) is 6.46. The Bertz CT molecular complexity index is 491. The molecule has 0 aliphatic rings. The van der Waals surface area contributed by atoms with E-state index in [9.17, 15) is 9.59 Å². The number of benzene rings is 1. The predicted molar refractivity (Wildman–Crippen MR) is 76.2 cm³/mol. The monoisotopic (exact) mass is 277 g/mol. The molecule has 0 bridgehead atoms. The highest BCUT2D eigenvalue weighted by Gasteiger charge is 2.13. The number of aryl methyl sites for hydroxylation is 1. The van der Waals surface area contributed by atoms with Crippen LogP contribution in [0.2, 0.25) is 0 Å². The second-order valence-electron chi connectivity index (χ2n) is 4.02. The van der Waals surface area contributed by atoms with Crippen molar-refractivity contribution in [2.45, 2.75) is 20.8 Å². The van der Waals surface area contributed by atoms with Gasteiger partial charge in [-0.2, -0.15) is 0 Å². The molecule has 0 amide bonds. The van der Waals surface area contributed by atoms with E-state index in [0.29, 0.717) is 5.69 Å². The summed E-state index contributed by atoms with van der Waals surface area (Å²) in [7, 11) is 0. The number of anilines is 1. The van der Waals surface area contributed by atoms with Gasteiger partial charge in [0.05, 0.1) is 19.3 Å². The fourth-order valence-electron chi connectivity index (χ4n) is 1.45. The van der Waals surface area contributed by atoms with E-state index < -0.39 is 11.9 Å². The molecule has 0 spiro atoms. The molecule has 0 radical (unpaired) electrons. The zero-order chi connectivity index (χ0) is 15.0.